The van der Waals surface area contributed by atoms with Gasteiger partial charge in [0.05, 0.1) is 13.2 Å². The Labute approximate surface area is 249 Å². The molecule has 2 aromatic carbocycles. The molecule has 0 spiro atoms. The van der Waals surface area contributed by atoms with E-state index in [-0.39, 0.29) is 44.3 Å². The number of carbonyl (C=O) groups excluding carboxylic acids is 4. The van der Waals surface area contributed by atoms with Crippen LogP contribution in [0.4, 0.5) is 0 Å². The zero-order valence-electron chi connectivity index (χ0n) is 23.9. The molecule has 0 unspecified atom stereocenters. The second-order valence-electron chi connectivity index (χ2n) is 11.9. The summed E-state index contributed by atoms with van der Waals surface area (Å²) < 4.78 is 10.5. The number of nitrogens with zero attached hydrogens (tertiary/aromatic N) is 1. The van der Waals surface area contributed by atoms with Gasteiger partial charge in [-0.3, -0.25) is 19.2 Å². The SMILES string of the molecule is CC(=O)CC1(NC(=O)[C@@H]2C[C@@H](NC(=O)c3ccc4c(c3)B(O)OC4)CN2C(=O)c2ccc3c(c2)B(O)OC3)CCNCC1. The number of likely N-dealkylation sites (tertiary alicyclic amines) is 1. The van der Waals surface area contributed by atoms with E-state index in [9.17, 15) is 29.2 Å². The van der Waals surface area contributed by atoms with E-state index >= 15 is 0 Å². The summed E-state index contributed by atoms with van der Waals surface area (Å²) in [4.78, 5) is 54.7. The molecule has 4 aliphatic rings. The van der Waals surface area contributed by atoms with Gasteiger partial charge in [0.2, 0.25) is 5.91 Å². The normalized spacial score (nSPS) is 22.3. The van der Waals surface area contributed by atoms with Crippen LogP contribution in [0.1, 0.15) is 64.4 Å². The van der Waals surface area contributed by atoms with Crippen LogP contribution in [0.3, 0.4) is 0 Å². The van der Waals surface area contributed by atoms with Crippen molar-refractivity contribution >= 4 is 48.7 Å². The maximum atomic E-state index is 13.9. The molecule has 2 atom stereocenters. The molecule has 4 aliphatic heterocycles. The van der Waals surface area contributed by atoms with Crippen LogP contribution in [0, 0.1) is 0 Å². The number of rotatable bonds is 7. The summed E-state index contributed by atoms with van der Waals surface area (Å²) in [6.07, 6.45) is 1.52. The van der Waals surface area contributed by atoms with Crippen LogP contribution in [0.2, 0.25) is 0 Å². The number of hydrogen-bond donors (Lipinski definition) is 5. The van der Waals surface area contributed by atoms with Gasteiger partial charge >= 0.3 is 14.2 Å². The molecule has 2 aromatic rings. The Balaban J connectivity index is 1.24. The molecular weight excluding hydrogens is 554 g/mol. The van der Waals surface area contributed by atoms with Crippen molar-refractivity contribution in [2.24, 2.45) is 0 Å². The lowest BCUT2D eigenvalue weighted by Crippen LogP contribution is -2.59. The highest BCUT2D eigenvalue weighted by molar-refractivity contribution is 6.62. The molecule has 4 heterocycles. The van der Waals surface area contributed by atoms with Gasteiger partial charge < -0.3 is 40.2 Å². The smallest absolute Gasteiger partial charge is 0.423 e. The third-order valence-electron chi connectivity index (χ3n) is 8.86. The van der Waals surface area contributed by atoms with Crippen LogP contribution in [-0.4, -0.2) is 89.9 Å². The van der Waals surface area contributed by atoms with E-state index in [2.05, 4.69) is 16.0 Å². The number of benzene rings is 2. The number of nitrogens with one attached hydrogen (secondary N) is 3. The summed E-state index contributed by atoms with van der Waals surface area (Å²) in [6.45, 7) is 3.40. The average Bonchev–Trinajstić information content (AvgIpc) is 3.69. The number of amides is 3. The van der Waals surface area contributed by atoms with Crippen molar-refractivity contribution in [3.63, 3.8) is 0 Å². The zero-order chi connectivity index (χ0) is 30.3. The molecule has 2 fully saturated rings. The van der Waals surface area contributed by atoms with Gasteiger partial charge in [0.25, 0.3) is 11.8 Å². The molecule has 0 aromatic heterocycles. The van der Waals surface area contributed by atoms with Crippen LogP contribution < -0.4 is 26.9 Å². The largest absolute Gasteiger partial charge is 0.491 e. The van der Waals surface area contributed by atoms with Crippen molar-refractivity contribution in [1.29, 1.82) is 0 Å². The van der Waals surface area contributed by atoms with Crippen LogP contribution in [0.25, 0.3) is 0 Å². The fourth-order valence-electron chi connectivity index (χ4n) is 6.62. The molecule has 6 rings (SSSR count). The van der Waals surface area contributed by atoms with Gasteiger partial charge in [0.15, 0.2) is 0 Å². The van der Waals surface area contributed by atoms with Gasteiger partial charge in [-0.05, 0) is 85.6 Å². The molecule has 0 saturated carbocycles. The van der Waals surface area contributed by atoms with Crippen molar-refractivity contribution in [1.82, 2.24) is 20.9 Å². The minimum Gasteiger partial charge on any atom is -0.423 e. The van der Waals surface area contributed by atoms with Gasteiger partial charge in [-0.2, -0.15) is 0 Å². The van der Waals surface area contributed by atoms with Gasteiger partial charge in [-0.15, -0.1) is 0 Å². The van der Waals surface area contributed by atoms with Gasteiger partial charge in [0, 0.05) is 35.7 Å². The topological polar surface area (TPSA) is 167 Å². The second kappa shape index (κ2) is 11.9. The Morgan fingerprint density at radius 1 is 0.977 bits per heavy atom. The van der Waals surface area contributed by atoms with E-state index in [4.69, 9.17) is 9.31 Å². The Morgan fingerprint density at radius 3 is 2.21 bits per heavy atom. The van der Waals surface area contributed by atoms with Crippen molar-refractivity contribution in [2.45, 2.75) is 63.4 Å². The van der Waals surface area contributed by atoms with E-state index in [0.717, 1.165) is 11.1 Å². The highest BCUT2D eigenvalue weighted by Crippen LogP contribution is 2.27. The first kappa shape index (κ1) is 29.5. The van der Waals surface area contributed by atoms with E-state index in [1.54, 1.807) is 36.4 Å². The zero-order valence-corrected chi connectivity index (χ0v) is 23.9. The summed E-state index contributed by atoms with van der Waals surface area (Å²) >= 11 is 0. The second-order valence-corrected chi connectivity index (χ2v) is 11.9. The first-order chi connectivity index (χ1) is 20.6. The maximum Gasteiger partial charge on any atom is 0.491 e. The van der Waals surface area contributed by atoms with Crippen molar-refractivity contribution in [3.05, 3.63) is 58.7 Å². The molecule has 0 aliphatic carbocycles. The lowest BCUT2D eigenvalue weighted by molar-refractivity contribution is -0.128. The van der Waals surface area contributed by atoms with Gasteiger partial charge in [0.1, 0.15) is 11.8 Å². The van der Waals surface area contributed by atoms with Gasteiger partial charge in [-0.25, -0.2) is 0 Å². The van der Waals surface area contributed by atoms with Gasteiger partial charge in [-0.1, -0.05) is 12.1 Å². The molecule has 14 heteroatoms. The van der Waals surface area contributed by atoms with E-state index in [1.165, 1.54) is 11.8 Å². The Kier molecular flexibility index (Phi) is 8.14. The number of fused-ring (bicyclic) bond motifs is 2. The summed E-state index contributed by atoms with van der Waals surface area (Å²) in [5.41, 5.74) is 2.54. The summed E-state index contributed by atoms with van der Waals surface area (Å²) in [5, 5.41) is 29.6. The quantitative estimate of drug-likeness (QED) is 0.239. The number of Topliss-reactive ketones (excluding diaryl/α,β-unsaturated/α-hetero) is 1. The lowest BCUT2D eigenvalue weighted by Gasteiger charge is -2.39. The lowest BCUT2D eigenvalue weighted by atomic mass is 9.78. The van der Waals surface area contributed by atoms with E-state index in [0.29, 0.717) is 48.0 Å². The molecule has 5 N–H and O–H groups in total. The molecule has 12 nitrogen and oxygen atoms in total. The van der Waals surface area contributed by atoms with Crippen molar-refractivity contribution in [2.75, 3.05) is 19.6 Å². The number of hydrogen-bond acceptors (Lipinski definition) is 9. The third-order valence-corrected chi connectivity index (χ3v) is 8.86. The molecule has 224 valence electrons. The molecule has 2 saturated heterocycles. The minimum atomic E-state index is -1.13. The Bertz CT molecular complexity index is 1470. The third kappa shape index (κ3) is 5.98. The van der Waals surface area contributed by atoms with Crippen LogP contribution in [-0.2, 0) is 32.1 Å². The summed E-state index contributed by atoms with van der Waals surface area (Å²) in [7, 11) is -2.22. The van der Waals surface area contributed by atoms with Crippen molar-refractivity contribution < 1.29 is 38.5 Å². The molecule has 0 radical (unpaired) electrons. The molecule has 0 bridgehead atoms. The minimum absolute atomic E-state index is 0.0320. The average molecular weight is 588 g/mol. The van der Waals surface area contributed by atoms with Crippen molar-refractivity contribution in [3.8, 4) is 0 Å². The predicted octanol–water partition coefficient (Wildman–Crippen LogP) is -1.65. The maximum absolute atomic E-state index is 13.9. The Hall–Kier alpha value is -3.55. The van der Waals surface area contributed by atoms with E-state index < -0.39 is 43.7 Å². The summed E-state index contributed by atoms with van der Waals surface area (Å²) in [5.74, 6) is -1.22. The van der Waals surface area contributed by atoms with E-state index in [1.807, 2.05) is 0 Å². The number of piperidine rings is 1. The molecule has 43 heavy (non-hydrogen) atoms. The fraction of sp³-hybridized carbons (Fsp3) is 0.448. The van der Waals surface area contributed by atoms with Crippen LogP contribution in [0.15, 0.2) is 36.4 Å². The molecular formula is C29H34B2N4O8. The number of ketones is 1. The van der Waals surface area contributed by atoms with Crippen LogP contribution in [0.5, 0.6) is 0 Å². The first-order valence-electron chi connectivity index (χ1n) is 14.6. The fourth-order valence-corrected chi connectivity index (χ4v) is 6.62. The summed E-state index contributed by atoms with van der Waals surface area (Å²) in [6, 6.07) is 8.49. The highest BCUT2D eigenvalue weighted by atomic mass is 16.5. The number of carbonyl (C=O) groups is 4. The predicted molar refractivity (Wildman–Crippen MR) is 157 cm³/mol. The Morgan fingerprint density at radius 2 is 1.58 bits per heavy atom. The van der Waals surface area contributed by atoms with Crippen LogP contribution >= 0.6 is 0 Å². The highest BCUT2D eigenvalue weighted by Gasteiger charge is 2.44. The standard InChI is InChI=1S/C29H34B2N4O8/c1-17(36)13-29(6-8-32-9-7-29)34-27(38)25-12-22(33-26(37)18-2-4-20-15-42-30(40)23(20)10-18)14-35(25)28(39)19-3-5-21-16-43-31(41)24(21)11-19/h2-5,10-11,22,25,32,40-41H,6-9,12-16H2,1H3,(H,33,37)(H,34,38)/t22-,25+/m1/s1. The molecule has 3 amide bonds. The first-order valence-corrected chi connectivity index (χ1v) is 14.6. The monoisotopic (exact) mass is 588 g/mol.